The summed E-state index contributed by atoms with van der Waals surface area (Å²) in [7, 11) is 0. The van der Waals surface area contributed by atoms with Crippen molar-refractivity contribution in [2.75, 3.05) is 6.61 Å². The summed E-state index contributed by atoms with van der Waals surface area (Å²) in [5, 5.41) is 4.85. The fraction of sp³-hybridized carbons (Fsp3) is 0.368. The Morgan fingerprint density at radius 2 is 2.08 bits per heavy atom. The summed E-state index contributed by atoms with van der Waals surface area (Å²) in [6.07, 6.45) is 2.34. The topological polar surface area (TPSA) is 59.9 Å². The van der Waals surface area contributed by atoms with Crippen LogP contribution in [0.1, 0.15) is 53.0 Å². The van der Waals surface area contributed by atoms with Gasteiger partial charge in [-0.15, -0.1) is 0 Å². The van der Waals surface area contributed by atoms with E-state index in [1.807, 2.05) is 36.7 Å². The first-order valence-corrected chi connectivity index (χ1v) is 8.49. The maximum absolute atomic E-state index is 12.2. The largest absolute Gasteiger partial charge is 0.461 e. The molecule has 1 fully saturated rings. The van der Waals surface area contributed by atoms with Crippen LogP contribution in [0.2, 0.25) is 0 Å². The van der Waals surface area contributed by atoms with Crippen molar-refractivity contribution < 1.29 is 9.53 Å². The Morgan fingerprint density at radius 3 is 2.75 bits per heavy atom. The molecule has 1 aliphatic rings. The van der Waals surface area contributed by atoms with Crippen LogP contribution in [0.5, 0.6) is 0 Å². The van der Waals surface area contributed by atoms with Crippen LogP contribution in [0.4, 0.5) is 0 Å². The molecule has 0 radical (unpaired) electrons. The molecule has 0 aliphatic heterocycles. The van der Waals surface area contributed by atoms with Crippen LogP contribution in [-0.2, 0) is 11.3 Å². The Hall–Kier alpha value is -2.56. The SMILES string of the molecule is CCOC(=O)c1[nH]c2c(C3CC3)nn(Cc3ccccc3)c2c1C. The third-order valence-corrected chi connectivity index (χ3v) is 4.58. The lowest BCUT2D eigenvalue weighted by Crippen LogP contribution is -2.08. The third-order valence-electron chi connectivity index (χ3n) is 4.58. The summed E-state index contributed by atoms with van der Waals surface area (Å²) in [5.41, 5.74) is 5.76. The van der Waals surface area contributed by atoms with E-state index >= 15 is 0 Å². The number of benzene rings is 1. The fourth-order valence-corrected chi connectivity index (χ4v) is 3.24. The van der Waals surface area contributed by atoms with Crippen LogP contribution < -0.4 is 0 Å². The molecule has 1 N–H and O–H groups in total. The molecule has 0 unspecified atom stereocenters. The molecular weight excluding hydrogens is 302 g/mol. The summed E-state index contributed by atoms with van der Waals surface area (Å²) in [6, 6.07) is 10.3. The van der Waals surface area contributed by atoms with Crippen LogP contribution in [-0.4, -0.2) is 27.3 Å². The highest BCUT2D eigenvalue weighted by atomic mass is 16.5. The molecule has 0 bridgehead atoms. The lowest BCUT2D eigenvalue weighted by Gasteiger charge is -2.05. The number of H-pyrrole nitrogens is 1. The van der Waals surface area contributed by atoms with E-state index in [0.717, 1.165) is 22.3 Å². The van der Waals surface area contributed by atoms with Gasteiger partial charge in [0.25, 0.3) is 0 Å². The smallest absolute Gasteiger partial charge is 0.355 e. The first kappa shape index (κ1) is 15.0. The highest BCUT2D eigenvalue weighted by molar-refractivity contribution is 5.97. The van der Waals surface area contributed by atoms with Gasteiger partial charge in [0, 0.05) is 11.5 Å². The number of aryl methyl sites for hydroxylation is 1. The molecule has 4 rings (SSSR count). The van der Waals surface area contributed by atoms with Crippen molar-refractivity contribution in [3.05, 3.63) is 52.8 Å². The second-order valence-electron chi connectivity index (χ2n) is 6.37. The number of carbonyl (C=O) groups excluding carboxylic acids is 1. The van der Waals surface area contributed by atoms with Gasteiger partial charge >= 0.3 is 5.97 Å². The first-order valence-electron chi connectivity index (χ1n) is 8.49. The molecule has 0 saturated heterocycles. The van der Waals surface area contributed by atoms with Gasteiger partial charge in [-0.25, -0.2) is 4.79 Å². The van der Waals surface area contributed by atoms with Crippen molar-refractivity contribution >= 4 is 17.0 Å². The highest BCUT2D eigenvalue weighted by Gasteiger charge is 2.32. The fourth-order valence-electron chi connectivity index (χ4n) is 3.24. The Balaban J connectivity index is 1.82. The lowest BCUT2D eigenvalue weighted by atomic mass is 10.2. The molecule has 3 aromatic rings. The Kier molecular flexibility index (Phi) is 3.63. The molecule has 0 spiro atoms. The number of nitrogens with zero attached hydrogens (tertiary/aromatic N) is 2. The van der Waals surface area contributed by atoms with E-state index in [9.17, 15) is 4.79 Å². The first-order chi connectivity index (χ1) is 11.7. The number of carbonyl (C=O) groups is 1. The van der Waals surface area contributed by atoms with Crippen molar-refractivity contribution in [2.45, 2.75) is 39.2 Å². The van der Waals surface area contributed by atoms with E-state index in [1.165, 1.54) is 18.4 Å². The number of hydrogen-bond acceptors (Lipinski definition) is 3. The van der Waals surface area contributed by atoms with E-state index in [0.29, 0.717) is 24.8 Å². The van der Waals surface area contributed by atoms with Crippen molar-refractivity contribution in [2.24, 2.45) is 0 Å². The van der Waals surface area contributed by atoms with Crippen LogP contribution in [0.15, 0.2) is 30.3 Å². The summed E-state index contributed by atoms with van der Waals surface area (Å²) in [6.45, 7) is 4.86. The molecule has 2 aromatic heterocycles. The zero-order valence-electron chi connectivity index (χ0n) is 14.0. The van der Waals surface area contributed by atoms with Crippen molar-refractivity contribution in [1.29, 1.82) is 0 Å². The second-order valence-corrected chi connectivity index (χ2v) is 6.37. The molecule has 0 atom stereocenters. The number of nitrogens with one attached hydrogen (secondary N) is 1. The molecule has 1 saturated carbocycles. The molecule has 5 nitrogen and oxygen atoms in total. The standard InChI is InChI=1S/C19H21N3O2/c1-3-24-19(23)15-12(2)18-17(20-15)16(14-9-10-14)21-22(18)11-13-7-5-4-6-8-13/h4-8,14,20H,3,9-11H2,1-2H3. The van der Waals surface area contributed by atoms with Gasteiger partial charge < -0.3 is 9.72 Å². The van der Waals surface area contributed by atoms with Crippen LogP contribution in [0.3, 0.4) is 0 Å². The normalized spacial score (nSPS) is 14.2. The monoisotopic (exact) mass is 323 g/mol. The summed E-state index contributed by atoms with van der Waals surface area (Å²) in [4.78, 5) is 15.5. The Bertz CT molecular complexity index is 888. The van der Waals surface area contributed by atoms with E-state index < -0.39 is 0 Å². The Morgan fingerprint density at radius 1 is 1.33 bits per heavy atom. The number of aromatic amines is 1. The average molecular weight is 323 g/mol. The summed E-state index contributed by atoms with van der Waals surface area (Å²) >= 11 is 0. The average Bonchev–Trinajstić information content (AvgIpc) is 3.28. The molecule has 1 aliphatic carbocycles. The van der Waals surface area contributed by atoms with Gasteiger partial charge in [0.2, 0.25) is 0 Å². The molecule has 124 valence electrons. The predicted molar refractivity (Wildman–Crippen MR) is 92.3 cm³/mol. The molecule has 24 heavy (non-hydrogen) atoms. The zero-order chi connectivity index (χ0) is 16.7. The van der Waals surface area contributed by atoms with Gasteiger partial charge in [-0.3, -0.25) is 4.68 Å². The summed E-state index contributed by atoms with van der Waals surface area (Å²) < 4.78 is 7.20. The minimum atomic E-state index is -0.292. The van der Waals surface area contributed by atoms with Crippen LogP contribution >= 0.6 is 0 Å². The van der Waals surface area contributed by atoms with Gasteiger partial charge in [-0.05, 0) is 32.3 Å². The summed E-state index contributed by atoms with van der Waals surface area (Å²) in [5.74, 6) is 0.219. The maximum Gasteiger partial charge on any atom is 0.355 e. The van der Waals surface area contributed by atoms with E-state index in [1.54, 1.807) is 0 Å². The van der Waals surface area contributed by atoms with Crippen LogP contribution in [0, 0.1) is 6.92 Å². The number of rotatable bonds is 5. The molecule has 0 amide bonds. The van der Waals surface area contributed by atoms with E-state index in [2.05, 4.69) is 17.1 Å². The zero-order valence-corrected chi connectivity index (χ0v) is 14.0. The van der Waals surface area contributed by atoms with Crippen molar-refractivity contribution in [3.8, 4) is 0 Å². The minimum Gasteiger partial charge on any atom is -0.461 e. The molecule has 1 aromatic carbocycles. The quantitative estimate of drug-likeness (QED) is 0.727. The predicted octanol–water partition coefficient (Wildman–Crippen LogP) is 3.78. The van der Waals surface area contributed by atoms with E-state index in [4.69, 9.17) is 9.84 Å². The molecule has 2 heterocycles. The number of ether oxygens (including phenoxy) is 1. The lowest BCUT2D eigenvalue weighted by molar-refractivity contribution is 0.0519. The third kappa shape index (κ3) is 2.50. The van der Waals surface area contributed by atoms with Crippen molar-refractivity contribution in [1.82, 2.24) is 14.8 Å². The molecule has 5 heteroatoms. The minimum absolute atomic E-state index is 0.292. The number of hydrogen-bond donors (Lipinski definition) is 1. The Labute approximate surface area is 140 Å². The van der Waals surface area contributed by atoms with Gasteiger partial charge in [-0.2, -0.15) is 5.10 Å². The van der Waals surface area contributed by atoms with Gasteiger partial charge in [-0.1, -0.05) is 30.3 Å². The van der Waals surface area contributed by atoms with Gasteiger partial charge in [0.05, 0.1) is 29.9 Å². The number of fused-ring (bicyclic) bond motifs is 1. The molecular formula is C19H21N3O2. The number of esters is 1. The van der Waals surface area contributed by atoms with Crippen molar-refractivity contribution in [3.63, 3.8) is 0 Å². The second kappa shape index (κ2) is 5.82. The van der Waals surface area contributed by atoms with Gasteiger partial charge in [0.15, 0.2) is 0 Å². The van der Waals surface area contributed by atoms with E-state index in [-0.39, 0.29) is 5.97 Å². The highest BCUT2D eigenvalue weighted by Crippen LogP contribution is 2.43. The van der Waals surface area contributed by atoms with Gasteiger partial charge in [0.1, 0.15) is 5.69 Å². The maximum atomic E-state index is 12.2. The van der Waals surface area contributed by atoms with Crippen LogP contribution in [0.25, 0.3) is 11.0 Å². The number of aromatic nitrogens is 3.